The normalized spacial score (nSPS) is 11.2. The molecule has 0 aliphatic rings. The minimum absolute atomic E-state index is 0.422. The average molecular weight is 287 g/mol. The van der Waals surface area contributed by atoms with Gasteiger partial charge in [-0.3, -0.25) is 0 Å². The van der Waals surface area contributed by atoms with E-state index >= 15 is 0 Å². The molecule has 0 fully saturated rings. The summed E-state index contributed by atoms with van der Waals surface area (Å²) in [5, 5.41) is 15.2. The van der Waals surface area contributed by atoms with Crippen molar-refractivity contribution in [2.75, 3.05) is 0 Å². The molecular formula is C15H15ClN4. The van der Waals surface area contributed by atoms with E-state index in [1.807, 2.05) is 28.9 Å². The number of benzene rings is 1. The molecule has 0 N–H and O–H groups in total. The van der Waals surface area contributed by atoms with Crippen LogP contribution in [0.25, 0.3) is 16.6 Å². The molecule has 0 aliphatic carbocycles. The maximum absolute atomic E-state index is 6.12. The van der Waals surface area contributed by atoms with Crippen LogP contribution in [-0.2, 0) is 12.8 Å². The number of nitrogens with zero attached hydrogens (tertiary/aromatic N) is 4. The lowest BCUT2D eigenvalue weighted by Gasteiger charge is -2.08. The molecule has 0 unspecified atom stereocenters. The molecule has 1 aromatic carbocycles. The van der Waals surface area contributed by atoms with Crippen LogP contribution >= 0.6 is 11.6 Å². The van der Waals surface area contributed by atoms with Crippen LogP contribution in [0.4, 0.5) is 0 Å². The van der Waals surface area contributed by atoms with E-state index in [2.05, 4.69) is 35.2 Å². The van der Waals surface area contributed by atoms with E-state index in [1.54, 1.807) is 0 Å². The van der Waals surface area contributed by atoms with Crippen molar-refractivity contribution in [2.45, 2.75) is 26.7 Å². The Balaban J connectivity index is 2.30. The van der Waals surface area contributed by atoms with Gasteiger partial charge in [0, 0.05) is 16.5 Å². The molecule has 0 bridgehead atoms. The minimum Gasteiger partial charge on any atom is -0.217 e. The van der Waals surface area contributed by atoms with Gasteiger partial charge in [0.25, 0.3) is 0 Å². The van der Waals surface area contributed by atoms with Crippen molar-refractivity contribution >= 4 is 22.4 Å². The highest BCUT2D eigenvalue weighted by Crippen LogP contribution is 2.25. The molecular weight excluding hydrogens is 272 g/mol. The van der Waals surface area contributed by atoms with Gasteiger partial charge in [-0.25, -0.2) is 4.68 Å². The second-order valence-electron chi connectivity index (χ2n) is 4.61. The first kappa shape index (κ1) is 13.1. The predicted octanol–water partition coefficient (Wildman–Crippen LogP) is 3.59. The molecule has 3 rings (SSSR count). The number of aromatic nitrogens is 4. The Morgan fingerprint density at radius 2 is 1.80 bits per heavy atom. The zero-order valence-corrected chi connectivity index (χ0v) is 12.2. The summed E-state index contributed by atoms with van der Waals surface area (Å²) in [6.07, 6.45) is 1.80. The van der Waals surface area contributed by atoms with E-state index < -0.39 is 0 Å². The lowest BCUT2D eigenvalue weighted by atomic mass is 10.2. The summed E-state index contributed by atoms with van der Waals surface area (Å²) in [7, 11) is 0. The summed E-state index contributed by atoms with van der Waals surface area (Å²) in [4.78, 5) is 0. The summed E-state index contributed by atoms with van der Waals surface area (Å²) in [6.45, 7) is 4.20. The summed E-state index contributed by atoms with van der Waals surface area (Å²) in [6, 6.07) is 9.98. The van der Waals surface area contributed by atoms with Gasteiger partial charge in [-0.05, 0) is 18.9 Å². The number of halogens is 1. The lowest BCUT2D eigenvalue weighted by Crippen LogP contribution is -2.06. The third-order valence-electron chi connectivity index (χ3n) is 3.38. The maximum Gasteiger partial charge on any atom is 0.183 e. The Morgan fingerprint density at radius 1 is 1.05 bits per heavy atom. The van der Waals surface area contributed by atoms with Gasteiger partial charge in [0.15, 0.2) is 11.0 Å². The number of rotatable bonds is 3. The van der Waals surface area contributed by atoms with Crippen molar-refractivity contribution < 1.29 is 0 Å². The van der Waals surface area contributed by atoms with Gasteiger partial charge in [0.1, 0.15) is 0 Å². The third-order valence-corrected chi connectivity index (χ3v) is 3.66. The van der Waals surface area contributed by atoms with Gasteiger partial charge in [-0.1, -0.05) is 49.7 Å². The highest BCUT2D eigenvalue weighted by molar-refractivity contribution is 6.34. The number of hydrogen-bond acceptors (Lipinski definition) is 3. The number of fused-ring (bicyclic) bond motifs is 1. The predicted molar refractivity (Wildman–Crippen MR) is 80.4 cm³/mol. The first-order valence-corrected chi connectivity index (χ1v) is 7.11. The van der Waals surface area contributed by atoms with E-state index in [1.165, 1.54) is 0 Å². The van der Waals surface area contributed by atoms with Gasteiger partial charge in [0.2, 0.25) is 0 Å². The zero-order valence-electron chi connectivity index (χ0n) is 11.5. The summed E-state index contributed by atoms with van der Waals surface area (Å²) < 4.78 is 1.88. The number of aryl methyl sites for hydroxylation is 2. The second kappa shape index (κ2) is 5.21. The van der Waals surface area contributed by atoms with Crippen molar-refractivity contribution in [3.8, 4) is 5.82 Å². The fourth-order valence-corrected chi connectivity index (χ4v) is 2.50. The van der Waals surface area contributed by atoms with Crippen LogP contribution in [0, 0.1) is 0 Å². The van der Waals surface area contributed by atoms with Crippen LogP contribution in [0.5, 0.6) is 0 Å². The van der Waals surface area contributed by atoms with E-state index in [9.17, 15) is 0 Å². The van der Waals surface area contributed by atoms with E-state index in [-0.39, 0.29) is 0 Å². The lowest BCUT2D eigenvalue weighted by molar-refractivity contribution is 0.762. The summed E-state index contributed by atoms with van der Waals surface area (Å²) >= 11 is 6.12. The van der Waals surface area contributed by atoms with Crippen molar-refractivity contribution in [2.24, 2.45) is 0 Å². The molecule has 3 aromatic rings. The Labute approximate surface area is 122 Å². The second-order valence-corrected chi connectivity index (χ2v) is 4.96. The first-order valence-electron chi connectivity index (χ1n) is 6.73. The van der Waals surface area contributed by atoms with Gasteiger partial charge in [-0.2, -0.15) is 5.10 Å². The van der Waals surface area contributed by atoms with Gasteiger partial charge < -0.3 is 0 Å². The third kappa shape index (κ3) is 2.06. The van der Waals surface area contributed by atoms with Crippen LogP contribution in [0.2, 0.25) is 5.15 Å². The van der Waals surface area contributed by atoms with Crippen LogP contribution in [-0.4, -0.2) is 20.0 Å². The van der Waals surface area contributed by atoms with Crippen molar-refractivity contribution in [3.05, 3.63) is 46.9 Å². The molecule has 2 aromatic heterocycles. The van der Waals surface area contributed by atoms with Crippen LogP contribution < -0.4 is 0 Å². The Morgan fingerprint density at radius 3 is 2.50 bits per heavy atom. The molecule has 4 nitrogen and oxygen atoms in total. The van der Waals surface area contributed by atoms with E-state index in [0.717, 1.165) is 40.8 Å². The van der Waals surface area contributed by atoms with Crippen molar-refractivity contribution in [3.63, 3.8) is 0 Å². The van der Waals surface area contributed by atoms with Gasteiger partial charge in [-0.15, -0.1) is 10.2 Å². The molecule has 2 heterocycles. The maximum atomic E-state index is 6.12. The van der Waals surface area contributed by atoms with Gasteiger partial charge >= 0.3 is 0 Å². The smallest absolute Gasteiger partial charge is 0.183 e. The molecule has 0 saturated heterocycles. The number of hydrogen-bond donors (Lipinski definition) is 0. The summed E-state index contributed by atoms with van der Waals surface area (Å²) in [5.74, 6) is 0.738. The minimum atomic E-state index is 0.422. The standard InChI is InChI=1S/C15H15ClN4/c1-3-10-9-11(4-2)20(19-10)15-13-8-6-5-7-12(13)14(16)17-18-15/h5-9H,3-4H2,1-2H3. The molecule has 0 atom stereocenters. The van der Waals surface area contributed by atoms with Gasteiger partial charge in [0.05, 0.1) is 5.69 Å². The largest absolute Gasteiger partial charge is 0.217 e. The monoisotopic (exact) mass is 286 g/mol. The highest BCUT2D eigenvalue weighted by Gasteiger charge is 2.13. The van der Waals surface area contributed by atoms with Crippen LogP contribution in [0.15, 0.2) is 30.3 Å². The fraction of sp³-hybridized carbons (Fsp3) is 0.267. The van der Waals surface area contributed by atoms with Crippen molar-refractivity contribution in [1.29, 1.82) is 0 Å². The molecule has 20 heavy (non-hydrogen) atoms. The summed E-state index contributed by atoms with van der Waals surface area (Å²) in [5.41, 5.74) is 2.19. The zero-order chi connectivity index (χ0) is 14.1. The van der Waals surface area contributed by atoms with E-state index in [0.29, 0.717) is 5.15 Å². The van der Waals surface area contributed by atoms with Crippen LogP contribution in [0.3, 0.4) is 0 Å². The Kier molecular flexibility index (Phi) is 3.40. The Bertz CT molecular complexity index is 764. The molecule has 5 heteroatoms. The molecule has 0 radical (unpaired) electrons. The first-order chi connectivity index (χ1) is 9.74. The molecule has 102 valence electrons. The SMILES string of the molecule is CCc1cc(CC)n(-c2nnc(Cl)c3ccccc23)n1. The van der Waals surface area contributed by atoms with E-state index in [4.69, 9.17) is 11.6 Å². The molecule has 0 aliphatic heterocycles. The fourth-order valence-electron chi connectivity index (χ4n) is 2.30. The van der Waals surface area contributed by atoms with Crippen molar-refractivity contribution in [1.82, 2.24) is 20.0 Å². The average Bonchev–Trinajstić information content (AvgIpc) is 2.91. The Hall–Kier alpha value is -1.94. The molecule has 0 saturated carbocycles. The molecule has 0 amide bonds. The quantitative estimate of drug-likeness (QED) is 0.739. The van der Waals surface area contributed by atoms with Crippen LogP contribution in [0.1, 0.15) is 25.2 Å². The topological polar surface area (TPSA) is 43.6 Å². The molecule has 0 spiro atoms. The highest BCUT2D eigenvalue weighted by atomic mass is 35.5.